The summed E-state index contributed by atoms with van der Waals surface area (Å²) in [6.07, 6.45) is 4.73. The maximum Gasteiger partial charge on any atom is 0.151 e. The van der Waals surface area contributed by atoms with Crippen LogP contribution in [0.4, 0.5) is 0 Å². The average molecular weight is 434 g/mol. The lowest BCUT2D eigenvalue weighted by atomic mass is 10.0. The second-order valence-corrected chi connectivity index (χ2v) is 8.70. The van der Waals surface area contributed by atoms with E-state index in [1.54, 1.807) is 6.20 Å². The fourth-order valence-electron chi connectivity index (χ4n) is 3.40. The van der Waals surface area contributed by atoms with E-state index in [-0.39, 0.29) is 0 Å². The third kappa shape index (κ3) is 6.32. The Morgan fingerprint density at radius 1 is 1.06 bits per heavy atom. The molecule has 1 aromatic heterocycles. The predicted octanol–water partition coefficient (Wildman–Crippen LogP) is 4.77. The molecule has 6 heteroatoms. The van der Waals surface area contributed by atoms with Gasteiger partial charge in [0.15, 0.2) is 6.61 Å². The number of aromatic nitrogens is 1. The molecule has 1 fully saturated rings. The van der Waals surface area contributed by atoms with Crippen molar-refractivity contribution in [1.29, 1.82) is 0 Å². The minimum absolute atomic E-state index is 0.400. The van der Waals surface area contributed by atoms with Crippen molar-refractivity contribution in [2.45, 2.75) is 18.6 Å². The molecule has 4 rings (SSSR count). The van der Waals surface area contributed by atoms with Gasteiger partial charge in [0.1, 0.15) is 12.4 Å². The number of hydrogen-bond acceptors (Lipinski definition) is 6. The molecule has 5 nitrogen and oxygen atoms in total. The van der Waals surface area contributed by atoms with E-state index in [2.05, 4.69) is 39.7 Å². The quantitative estimate of drug-likeness (QED) is 0.299. The van der Waals surface area contributed by atoms with Gasteiger partial charge >= 0.3 is 0 Å². The van der Waals surface area contributed by atoms with Crippen LogP contribution in [0.1, 0.15) is 18.1 Å². The zero-order chi connectivity index (χ0) is 21.3. The second-order valence-electron chi connectivity index (χ2n) is 7.41. The van der Waals surface area contributed by atoms with Crippen LogP contribution in [0.2, 0.25) is 0 Å². The van der Waals surface area contributed by atoms with Gasteiger partial charge in [-0.1, -0.05) is 47.6 Å². The average Bonchev–Trinajstić information content (AvgIpc) is 3.33. The molecule has 0 spiro atoms. The molecule has 1 aliphatic heterocycles. The molecular weight excluding hydrogens is 406 g/mol. The van der Waals surface area contributed by atoms with Crippen molar-refractivity contribution in [3.8, 4) is 16.9 Å². The third-order valence-corrected chi connectivity index (χ3v) is 6.30. The molecule has 2 aromatic carbocycles. The molecule has 2 heterocycles. The normalized spacial score (nSPS) is 16.3. The van der Waals surface area contributed by atoms with Crippen LogP contribution in [-0.4, -0.2) is 41.6 Å². The van der Waals surface area contributed by atoms with Crippen LogP contribution in [-0.2, 0) is 11.3 Å². The number of pyridine rings is 1. The summed E-state index contributed by atoms with van der Waals surface area (Å²) >= 11 is 1.99. The molecule has 0 radical (unpaired) electrons. The highest BCUT2D eigenvalue weighted by Gasteiger charge is 2.15. The van der Waals surface area contributed by atoms with Gasteiger partial charge in [0.05, 0.1) is 5.71 Å². The first-order valence-corrected chi connectivity index (χ1v) is 11.5. The van der Waals surface area contributed by atoms with Gasteiger partial charge in [0, 0.05) is 30.1 Å². The summed E-state index contributed by atoms with van der Waals surface area (Å²) in [4.78, 5) is 9.61. The number of oxime groups is 1. The molecule has 0 amide bonds. The fraction of sp³-hybridized carbons (Fsp3) is 0.280. The molecular formula is C25H27N3O2S. The van der Waals surface area contributed by atoms with Crippen molar-refractivity contribution in [3.63, 3.8) is 0 Å². The number of ether oxygens (including phenoxy) is 1. The summed E-state index contributed by atoms with van der Waals surface area (Å²) in [5, 5.41) is 8.27. The molecule has 1 saturated heterocycles. The molecule has 1 atom stereocenters. The van der Waals surface area contributed by atoms with E-state index in [1.165, 1.54) is 5.56 Å². The highest BCUT2D eigenvalue weighted by Crippen LogP contribution is 2.21. The molecule has 31 heavy (non-hydrogen) atoms. The van der Waals surface area contributed by atoms with Gasteiger partial charge in [-0.2, -0.15) is 0 Å². The Balaban J connectivity index is 1.20. The van der Waals surface area contributed by atoms with Crippen LogP contribution in [0.5, 0.6) is 5.75 Å². The Hall–Kier alpha value is -2.83. The molecule has 1 N–H and O–H groups in total. The highest BCUT2D eigenvalue weighted by molar-refractivity contribution is 8.00. The van der Waals surface area contributed by atoms with Crippen LogP contribution in [0.25, 0.3) is 11.1 Å². The largest absolute Gasteiger partial charge is 0.490 e. The number of nitrogens with zero attached hydrogens (tertiary/aromatic N) is 2. The van der Waals surface area contributed by atoms with Crippen molar-refractivity contribution < 1.29 is 9.57 Å². The second kappa shape index (κ2) is 11.0. The molecule has 1 aliphatic rings. The first kappa shape index (κ1) is 21.4. The summed E-state index contributed by atoms with van der Waals surface area (Å²) < 4.78 is 5.77. The van der Waals surface area contributed by atoms with E-state index >= 15 is 0 Å². The maximum absolute atomic E-state index is 5.77. The van der Waals surface area contributed by atoms with E-state index in [1.807, 2.05) is 61.3 Å². The van der Waals surface area contributed by atoms with E-state index in [0.29, 0.717) is 18.5 Å². The van der Waals surface area contributed by atoms with E-state index in [4.69, 9.17) is 9.57 Å². The Morgan fingerprint density at radius 3 is 2.61 bits per heavy atom. The summed E-state index contributed by atoms with van der Waals surface area (Å²) in [6, 6.07) is 20.6. The minimum atomic E-state index is 0.400. The molecule has 0 bridgehead atoms. The maximum atomic E-state index is 5.77. The summed E-state index contributed by atoms with van der Waals surface area (Å²) in [5.41, 5.74) is 5.43. The third-order valence-electron chi connectivity index (χ3n) is 5.12. The number of rotatable bonds is 9. The zero-order valence-corrected chi connectivity index (χ0v) is 18.5. The number of benzene rings is 2. The highest BCUT2D eigenvalue weighted by atomic mass is 32.2. The van der Waals surface area contributed by atoms with Gasteiger partial charge in [-0.3, -0.25) is 4.98 Å². The molecule has 0 saturated carbocycles. The van der Waals surface area contributed by atoms with Gasteiger partial charge in [0.2, 0.25) is 0 Å². The first-order valence-electron chi connectivity index (χ1n) is 10.5. The van der Waals surface area contributed by atoms with Crippen molar-refractivity contribution in [3.05, 3.63) is 84.2 Å². The van der Waals surface area contributed by atoms with Crippen molar-refractivity contribution in [2.24, 2.45) is 5.16 Å². The van der Waals surface area contributed by atoms with E-state index in [9.17, 15) is 0 Å². The Morgan fingerprint density at radius 2 is 1.90 bits per heavy atom. The lowest BCUT2D eigenvalue weighted by molar-refractivity contribution is 0.107. The summed E-state index contributed by atoms with van der Waals surface area (Å²) in [7, 11) is 0. The molecule has 3 aromatic rings. The SMILES string of the molecule is CC(=NOCCOc1ccc(CC2CNCS2)cc1)c1ccc(-c2cccnc2)cc1. The van der Waals surface area contributed by atoms with Gasteiger partial charge < -0.3 is 14.9 Å². The lowest BCUT2D eigenvalue weighted by Gasteiger charge is -2.09. The Kier molecular flexibility index (Phi) is 7.58. The zero-order valence-electron chi connectivity index (χ0n) is 17.7. The topological polar surface area (TPSA) is 55.7 Å². The van der Waals surface area contributed by atoms with Crippen molar-refractivity contribution in [1.82, 2.24) is 10.3 Å². The molecule has 1 unspecified atom stereocenters. The van der Waals surface area contributed by atoms with Crippen LogP contribution < -0.4 is 10.1 Å². The fourth-order valence-corrected chi connectivity index (χ4v) is 4.42. The van der Waals surface area contributed by atoms with Crippen LogP contribution >= 0.6 is 11.8 Å². The standard InChI is InChI=1S/C25H27N3O2S/c1-19(21-6-8-22(9-7-21)23-3-2-12-26-16-23)28-30-14-13-29-24-10-4-20(5-11-24)15-25-17-27-18-31-25/h2-12,16,25,27H,13-15,17-18H2,1H3. The van der Waals surface area contributed by atoms with Gasteiger partial charge in [-0.05, 0) is 53.8 Å². The smallest absolute Gasteiger partial charge is 0.151 e. The van der Waals surface area contributed by atoms with Gasteiger partial charge in [-0.25, -0.2) is 0 Å². The lowest BCUT2D eigenvalue weighted by Crippen LogP contribution is -2.14. The van der Waals surface area contributed by atoms with Crippen molar-refractivity contribution >= 4 is 17.5 Å². The number of nitrogens with one attached hydrogen (secondary N) is 1. The van der Waals surface area contributed by atoms with E-state index < -0.39 is 0 Å². The van der Waals surface area contributed by atoms with Gasteiger partial charge in [0.25, 0.3) is 0 Å². The molecule has 0 aliphatic carbocycles. The number of hydrogen-bond donors (Lipinski definition) is 1. The van der Waals surface area contributed by atoms with Crippen LogP contribution in [0.15, 0.2) is 78.2 Å². The van der Waals surface area contributed by atoms with E-state index in [0.717, 1.165) is 47.0 Å². The van der Waals surface area contributed by atoms with Crippen molar-refractivity contribution in [2.75, 3.05) is 25.6 Å². The Bertz CT molecular complexity index is 970. The monoisotopic (exact) mass is 433 g/mol. The summed E-state index contributed by atoms with van der Waals surface area (Å²) in [5.74, 6) is 1.92. The van der Waals surface area contributed by atoms with Crippen LogP contribution in [0.3, 0.4) is 0 Å². The minimum Gasteiger partial charge on any atom is -0.490 e. The van der Waals surface area contributed by atoms with Gasteiger partial charge in [-0.15, -0.1) is 11.8 Å². The first-order chi connectivity index (χ1) is 15.3. The predicted molar refractivity (Wildman–Crippen MR) is 128 cm³/mol. The Labute approximate surface area is 187 Å². The number of thioether (sulfide) groups is 1. The van der Waals surface area contributed by atoms with Crippen LogP contribution in [0, 0.1) is 0 Å². The molecule has 160 valence electrons. The summed E-state index contributed by atoms with van der Waals surface area (Å²) in [6.45, 7) is 3.89.